The Kier molecular flexibility index (Phi) is 4.29. The summed E-state index contributed by atoms with van der Waals surface area (Å²) in [6, 6.07) is 13.1. The maximum atomic E-state index is 12.0. The first kappa shape index (κ1) is 14.5. The van der Waals surface area contributed by atoms with Crippen molar-refractivity contribution < 1.29 is 9.53 Å². The van der Waals surface area contributed by atoms with Crippen molar-refractivity contribution in [2.45, 2.75) is 5.16 Å². The van der Waals surface area contributed by atoms with Crippen LogP contribution in [0.2, 0.25) is 0 Å². The molecule has 2 heterocycles. The smallest absolute Gasteiger partial charge is 0.234 e. The third-order valence-corrected chi connectivity index (χ3v) is 4.08. The van der Waals surface area contributed by atoms with Crippen LogP contribution in [0.1, 0.15) is 0 Å². The van der Waals surface area contributed by atoms with Gasteiger partial charge < -0.3 is 10.1 Å². The van der Waals surface area contributed by atoms with Crippen LogP contribution >= 0.6 is 11.8 Å². The second-order valence-corrected chi connectivity index (χ2v) is 5.54. The van der Waals surface area contributed by atoms with Crippen molar-refractivity contribution in [1.29, 1.82) is 0 Å². The number of nitrogens with one attached hydrogen (secondary N) is 1. The topological polar surface area (TPSA) is 55.6 Å². The molecule has 0 fully saturated rings. The number of rotatable bonds is 5. The van der Waals surface area contributed by atoms with Crippen LogP contribution in [0, 0.1) is 0 Å². The number of hydrogen-bond acceptors (Lipinski definition) is 4. The lowest BCUT2D eigenvalue weighted by Crippen LogP contribution is -2.14. The lowest BCUT2D eigenvalue weighted by molar-refractivity contribution is -0.113. The summed E-state index contributed by atoms with van der Waals surface area (Å²) in [5, 5.41) is 3.66. The summed E-state index contributed by atoms with van der Waals surface area (Å²) >= 11 is 1.41. The van der Waals surface area contributed by atoms with Gasteiger partial charge in [-0.1, -0.05) is 17.8 Å². The van der Waals surface area contributed by atoms with Crippen LogP contribution < -0.4 is 10.1 Å². The van der Waals surface area contributed by atoms with Crippen molar-refractivity contribution in [1.82, 2.24) is 9.38 Å². The number of carbonyl (C=O) groups is 1. The van der Waals surface area contributed by atoms with Gasteiger partial charge in [0.1, 0.15) is 5.75 Å². The van der Waals surface area contributed by atoms with E-state index in [2.05, 4.69) is 10.3 Å². The van der Waals surface area contributed by atoms with Gasteiger partial charge in [-0.25, -0.2) is 4.98 Å². The highest BCUT2D eigenvalue weighted by Crippen LogP contribution is 2.19. The first-order chi connectivity index (χ1) is 10.8. The normalized spacial score (nSPS) is 10.6. The maximum absolute atomic E-state index is 12.0. The zero-order valence-electron chi connectivity index (χ0n) is 12.0. The van der Waals surface area contributed by atoms with Gasteiger partial charge in [0.15, 0.2) is 5.16 Å². The standard InChI is InChI=1S/C16H15N3O2S/c1-21-14-7-5-12(6-8-14)18-15(20)11-22-16-17-10-13-4-2-3-9-19(13)16/h2-10H,11H2,1H3,(H,18,20). The van der Waals surface area contributed by atoms with E-state index in [1.165, 1.54) is 11.8 Å². The lowest BCUT2D eigenvalue weighted by atomic mass is 10.3. The Hall–Kier alpha value is -2.47. The van der Waals surface area contributed by atoms with E-state index in [0.717, 1.165) is 22.1 Å². The average molecular weight is 313 g/mol. The molecule has 0 aliphatic carbocycles. The molecule has 3 aromatic rings. The van der Waals surface area contributed by atoms with Gasteiger partial charge in [0.25, 0.3) is 0 Å². The summed E-state index contributed by atoms with van der Waals surface area (Å²) in [6.45, 7) is 0. The Morgan fingerprint density at radius 2 is 2.09 bits per heavy atom. The highest BCUT2D eigenvalue weighted by atomic mass is 32.2. The number of carbonyl (C=O) groups excluding carboxylic acids is 1. The zero-order valence-corrected chi connectivity index (χ0v) is 12.8. The van der Waals surface area contributed by atoms with Crippen LogP contribution in [-0.2, 0) is 4.79 Å². The number of fused-ring (bicyclic) bond motifs is 1. The fourth-order valence-electron chi connectivity index (χ4n) is 2.03. The number of imidazole rings is 1. The molecular weight excluding hydrogens is 298 g/mol. The summed E-state index contributed by atoms with van der Waals surface area (Å²) in [5.41, 5.74) is 1.76. The highest BCUT2D eigenvalue weighted by molar-refractivity contribution is 7.99. The number of pyridine rings is 1. The molecule has 0 spiro atoms. The molecule has 0 atom stereocenters. The largest absolute Gasteiger partial charge is 0.497 e. The number of anilines is 1. The minimum Gasteiger partial charge on any atom is -0.497 e. The number of ether oxygens (including phenoxy) is 1. The lowest BCUT2D eigenvalue weighted by Gasteiger charge is -2.06. The molecule has 22 heavy (non-hydrogen) atoms. The molecule has 1 N–H and O–H groups in total. The van der Waals surface area contributed by atoms with Gasteiger partial charge in [0, 0.05) is 11.9 Å². The molecule has 112 valence electrons. The van der Waals surface area contributed by atoms with Gasteiger partial charge in [-0.15, -0.1) is 0 Å². The number of methoxy groups -OCH3 is 1. The van der Waals surface area contributed by atoms with Crippen LogP contribution in [0.4, 0.5) is 5.69 Å². The van der Waals surface area contributed by atoms with Crippen LogP contribution in [-0.4, -0.2) is 28.2 Å². The minimum atomic E-state index is -0.0668. The Balaban J connectivity index is 1.60. The predicted molar refractivity (Wildman–Crippen MR) is 87.5 cm³/mol. The molecule has 1 aromatic carbocycles. The molecule has 0 saturated heterocycles. The molecule has 0 aliphatic rings. The van der Waals surface area contributed by atoms with Crippen LogP contribution in [0.5, 0.6) is 5.75 Å². The van der Waals surface area contributed by atoms with Crippen molar-refractivity contribution in [3.63, 3.8) is 0 Å². The summed E-state index contributed by atoms with van der Waals surface area (Å²) in [6.07, 6.45) is 3.73. The van der Waals surface area contributed by atoms with Crippen LogP contribution in [0.15, 0.2) is 60.0 Å². The maximum Gasteiger partial charge on any atom is 0.234 e. The van der Waals surface area contributed by atoms with Crippen LogP contribution in [0.25, 0.3) is 5.52 Å². The van der Waals surface area contributed by atoms with Crippen molar-refractivity contribution in [3.05, 3.63) is 54.9 Å². The second kappa shape index (κ2) is 6.53. The van der Waals surface area contributed by atoms with E-state index in [-0.39, 0.29) is 5.91 Å². The molecule has 5 nitrogen and oxygen atoms in total. The van der Waals surface area contributed by atoms with E-state index in [0.29, 0.717) is 5.75 Å². The fourth-order valence-corrected chi connectivity index (χ4v) is 2.79. The SMILES string of the molecule is COc1ccc(NC(=O)CSc2ncc3ccccn23)cc1. The predicted octanol–water partition coefficient (Wildman–Crippen LogP) is 3.07. The van der Waals surface area contributed by atoms with Gasteiger partial charge in [-0.3, -0.25) is 9.20 Å². The van der Waals surface area contributed by atoms with E-state index in [4.69, 9.17) is 4.74 Å². The number of hydrogen-bond donors (Lipinski definition) is 1. The molecule has 1 amide bonds. The van der Waals surface area contributed by atoms with E-state index in [1.54, 1.807) is 13.3 Å². The zero-order chi connectivity index (χ0) is 15.4. The molecule has 0 radical (unpaired) electrons. The first-order valence-electron chi connectivity index (χ1n) is 6.75. The molecule has 0 aliphatic heterocycles. The molecule has 3 rings (SSSR count). The first-order valence-corrected chi connectivity index (χ1v) is 7.73. The Labute approximate surface area is 132 Å². The Morgan fingerprint density at radius 1 is 1.27 bits per heavy atom. The molecule has 0 bridgehead atoms. The van der Waals surface area contributed by atoms with E-state index in [1.807, 2.05) is 53.1 Å². The summed E-state index contributed by atoms with van der Waals surface area (Å²) in [5.74, 6) is 0.999. The summed E-state index contributed by atoms with van der Waals surface area (Å²) in [7, 11) is 1.61. The second-order valence-electron chi connectivity index (χ2n) is 4.60. The number of nitrogens with zero attached hydrogens (tertiary/aromatic N) is 2. The Bertz CT molecular complexity index is 783. The molecule has 2 aromatic heterocycles. The summed E-state index contributed by atoms with van der Waals surface area (Å²) in [4.78, 5) is 16.3. The van der Waals surface area contributed by atoms with Crippen molar-refractivity contribution in [3.8, 4) is 5.75 Å². The molecule has 6 heteroatoms. The molecular formula is C16H15N3O2S. The summed E-state index contributed by atoms with van der Waals surface area (Å²) < 4.78 is 7.05. The number of thioether (sulfide) groups is 1. The van der Waals surface area contributed by atoms with E-state index < -0.39 is 0 Å². The van der Waals surface area contributed by atoms with Gasteiger partial charge >= 0.3 is 0 Å². The quantitative estimate of drug-likeness (QED) is 0.736. The third kappa shape index (κ3) is 3.23. The number of benzene rings is 1. The van der Waals surface area contributed by atoms with E-state index >= 15 is 0 Å². The van der Waals surface area contributed by atoms with Gasteiger partial charge in [-0.2, -0.15) is 0 Å². The molecule has 0 unspecified atom stereocenters. The van der Waals surface area contributed by atoms with Gasteiger partial charge in [0.05, 0.1) is 24.6 Å². The van der Waals surface area contributed by atoms with Crippen molar-refractivity contribution in [2.75, 3.05) is 18.2 Å². The average Bonchev–Trinajstić information content (AvgIpc) is 2.97. The monoisotopic (exact) mass is 313 g/mol. The van der Waals surface area contributed by atoms with E-state index in [9.17, 15) is 4.79 Å². The number of amides is 1. The highest BCUT2D eigenvalue weighted by Gasteiger charge is 2.08. The fraction of sp³-hybridized carbons (Fsp3) is 0.125. The van der Waals surface area contributed by atoms with Crippen LogP contribution in [0.3, 0.4) is 0 Å². The van der Waals surface area contributed by atoms with Gasteiger partial charge in [0.2, 0.25) is 5.91 Å². The van der Waals surface area contributed by atoms with Gasteiger partial charge in [-0.05, 0) is 36.4 Å². The Morgan fingerprint density at radius 3 is 2.86 bits per heavy atom. The van der Waals surface area contributed by atoms with Crippen molar-refractivity contribution >= 4 is 28.9 Å². The minimum absolute atomic E-state index is 0.0668. The molecule has 0 saturated carbocycles. The number of aromatic nitrogens is 2. The third-order valence-electron chi connectivity index (χ3n) is 3.11. The van der Waals surface area contributed by atoms with Crippen molar-refractivity contribution in [2.24, 2.45) is 0 Å².